The SMILES string of the molecule is CCCCCCCCCCCCC/C=C/[C@@H](O)[C@H](CO[C@@H]1OC(CO)[C@@H](O[C@@H]2OC(CO)[C@H](O[C@@H]3OC(CO)[C@H](O)[C@H](O)C3NC(C)=O)[C@H](O[C@H]3OC(CO)[C@H](O)[C@H](O[C@@H]4OC(CO)[C@@H](O[C@@H]5OC(CO)[C@H](O)[C@H](O[C@]6(C(=O)O)CC(O)[C@@H](NC(C)=O)C([C@H](O)[C@H](O)CO)O6)C5O)[C@H](O)C4NC(C)=O)C3O)C2O)[C@H](O)C1O)NC(=O)CCCCCCCCCCCCCCCCC. The lowest BCUT2D eigenvalue weighted by atomic mass is 9.88. The number of carboxylic acids is 1. The molecule has 7 rings (SSSR count). The molecule has 4 amide bonds. The first-order valence-electron chi connectivity index (χ1n) is 47.1. The van der Waals surface area contributed by atoms with Gasteiger partial charge in [-0.25, -0.2) is 4.79 Å². The number of rotatable bonds is 59. The van der Waals surface area contributed by atoms with Crippen molar-refractivity contribution >= 4 is 29.6 Å². The van der Waals surface area contributed by atoms with Crippen LogP contribution in [0.3, 0.4) is 0 Å². The van der Waals surface area contributed by atoms with Crippen LogP contribution >= 0.6 is 0 Å². The van der Waals surface area contributed by atoms with Crippen LogP contribution in [-0.2, 0) is 90.3 Å². The van der Waals surface area contributed by atoms with Crippen molar-refractivity contribution in [2.24, 2.45) is 0 Å². The maximum absolute atomic E-state index is 13.7. The zero-order valence-corrected chi connectivity index (χ0v) is 76.3. The van der Waals surface area contributed by atoms with Crippen molar-refractivity contribution in [3.63, 3.8) is 0 Å². The van der Waals surface area contributed by atoms with Gasteiger partial charge in [-0.3, -0.25) is 19.2 Å². The van der Waals surface area contributed by atoms with E-state index in [1.165, 1.54) is 102 Å². The van der Waals surface area contributed by atoms with Gasteiger partial charge in [0.05, 0.1) is 77.1 Å². The summed E-state index contributed by atoms with van der Waals surface area (Å²) in [6.07, 6.45) is -37.7. The molecule has 768 valence electrons. The van der Waals surface area contributed by atoms with Gasteiger partial charge in [0.15, 0.2) is 37.7 Å². The molecule has 0 aliphatic carbocycles. The van der Waals surface area contributed by atoms with Gasteiger partial charge in [-0.05, 0) is 19.3 Å². The Labute approximate surface area is 768 Å². The number of ether oxygens (including phenoxy) is 14. The third kappa shape index (κ3) is 32.9. The second-order valence-electron chi connectivity index (χ2n) is 35.6. The van der Waals surface area contributed by atoms with Crippen molar-refractivity contribution < 1.29 is 203 Å². The Morgan fingerprint density at radius 3 is 1.23 bits per heavy atom. The van der Waals surface area contributed by atoms with Crippen LogP contribution in [0.2, 0.25) is 0 Å². The molecule has 0 saturated carbocycles. The van der Waals surface area contributed by atoms with Crippen LogP contribution in [0.1, 0.15) is 221 Å². The van der Waals surface area contributed by atoms with Crippen molar-refractivity contribution in [1.29, 1.82) is 0 Å². The third-order valence-electron chi connectivity index (χ3n) is 25.2. The number of amides is 4. The van der Waals surface area contributed by atoms with E-state index in [0.717, 1.165) is 85.0 Å². The molecule has 0 bridgehead atoms. The average Bonchev–Trinajstić information content (AvgIpc) is 0.757. The molecule has 38 atom stereocenters. The standard InChI is InChI=1S/C87H154N4O41/c1-6-8-10-12-14-16-18-20-21-23-25-27-29-31-33-35-58(105)91-48(49(102)34-32-30-28-26-24-22-19-17-15-13-11-9-7-2)44-119-82-69(113)68(112)74(56(42-97)124-82)127-85-72(116)79(75(57(43-98)125-85)128-80-60(89-46(4)100)66(110)63(107)52(38-93)120-80)130-83-70(114)77(64(108)53(39-94)121-83)129-81-61(90-47(5)101)67(111)73(55(41-96)123-81)126-84-71(115)78(65(109)54(40-95)122-84)132-87(86(117)118)36-50(103)59(88-45(3)99)76(131-87)62(106)51(104)37-92/h32,34,48-57,59-85,92-98,102-104,106-116H,6-31,33,35-44H2,1-5H3,(H,88,99)(H,89,100)(H,90,101)(H,91,105)(H,117,118)/b34-32+/t48-,49+,50?,51+,52?,53?,54?,55?,56?,57?,59+,60?,61?,62+,63-,64-,65-,66+,67+,68+,69?,70?,71?,72?,73+,74+,75-,76?,77-,78-,79+,80-,81-,82+,83+,84-,85-,87-/m0/s1. The molecule has 7 aliphatic rings. The van der Waals surface area contributed by atoms with Crippen molar-refractivity contribution in [2.75, 3.05) is 52.9 Å². The first kappa shape index (κ1) is 115. The summed E-state index contributed by atoms with van der Waals surface area (Å²) in [6.45, 7) is -1.27. The maximum atomic E-state index is 13.7. The molecule has 0 aromatic heterocycles. The summed E-state index contributed by atoms with van der Waals surface area (Å²) in [5.74, 6) is -8.48. The lowest BCUT2D eigenvalue weighted by molar-refractivity contribution is -0.402. The van der Waals surface area contributed by atoms with Crippen LogP contribution < -0.4 is 21.3 Å². The summed E-state index contributed by atoms with van der Waals surface area (Å²) in [5.41, 5.74) is 0. The molecular weight excluding hydrogens is 1760 g/mol. The van der Waals surface area contributed by atoms with E-state index in [-0.39, 0.29) is 6.42 Å². The van der Waals surface area contributed by atoms with Gasteiger partial charge in [-0.15, -0.1) is 0 Å². The second-order valence-corrected chi connectivity index (χ2v) is 35.6. The van der Waals surface area contributed by atoms with Gasteiger partial charge in [-0.2, -0.15) is 0 Å². The minimum atomic E-state index is -3.27. The highest BCUT2D eigenvalue weighted by atomic mass is 16.8. The van der Waals surface area contributed by atoms with Gasteiger partial charge in [0, 0.05) is 33.6 Å². The van der Waals surface area contributed by atoms with Gasteiger partial charge in [0.2, 0.25) is 23.6 Å². The maximum Gasteiger partial charge on any atom is 0.364 e. The van der Waals surface area contributed by atoms with Crippen LogP contribution in [0.5, 0.6) is 0 Å². The van der Waals surface area contributed by atoms with Crippen molar-refractivity contribution in [1.82, 2.24) is 21.3 Å². The number of aliphatic hydroxyl groups is 21. The molecule has 45 heteroatoms. The highest BCUT2D eigenvalue weighted by molar-refractivity contribution is 5.77. The van der Waals surface area contributed by atoms with Gasteiger partial charge >= 0.3 is 5.97 Å². The molecule has 132 heavy (non-hydrogen) atoms. The van der Waals surface area contributed by atoms with E-state index in [1.807, 2.05) is 0 Å². The fourth-order valence-corrected chi connectivity index (χ4v) is 17.7. The minimum absolute atomic E-state index is 0.119. The molecule has 7 heterocycles. The quantitative estimate of drug-likeness (QED) is 0.0200. The number of carbonyl (C=O) groups excluding carboxylic acids is 4. The number of carbonyl (C=O) groups is 5. The van der Waals surface area contributed by atoms with Gasteiger partial charge < -0.3 is 200 Å². The lowest BCUT2D eigenvalue weighted by Gasteiger charge is -2.52. The molecule has 0 aromatic carbocycles. The first-order valence-corrected chi connectivity index (χ1v) is 47.1. The van der Waals surface area contributed by atoms with E-state index in [9.17, 15) is 136 Å². The van der Waals surface area contributed by atoms with E-state index >= 15 is 0 Å². The lowest BCUT2D eigenvalue weighted by Crippen LogP contribution is -2.71. The van der Waals surface area contributed by atoms with Crippen LogP contribution in [-0.4, -0.2) is 427 Å². The number of hydrogen-bond acceptors (Lipinski definition) is 40. The van der Waals surface area contributed by atoms with Crippen molar-refractivity contribution in [3.05, 3.63) is 12.2 Å². The summed E-state index contributed by atoms with van der Waals surface area (Å²) >= 11 is 0. The van der Waals surface area contributed by atoms with E-state index in [4.69, 9.17) is 66.3 Å². The highest BCUT2D eigenvalue weighted by Gasteiger charge is 2.63. The predicted octanol–water partition coefficient (Wildman–Crippen LogP) is -5.25. The van der Waals surface area contributed by atoms with Crippen LogP contribution in [0.25, 0.3) is 0 Å². The Balaban J connectivity index is 1.11. The first-order chi connectivity index (χ1) is 63.1. The van der Waals surface area contributed by atoms with Crippen molar-refractivity contribution in [3.8, 4) is 0 Å². The Hall–Kier alpha value is -4.31. The summed E-state index contributed by atoms with van der Waals surface area (Å²) in [7, 11) is 0. The third-order valence-corrected chi connectivity index (χ3v) is 25.2. The molecule has 0 aromatic rings. The largest absolute Gasteiger partial charge is 0.477 e. The summed E-state index contributed by atoms with van der Waals surface area (Å²) < 4.78 is 84.2. The summed E-state index contributed by atoms with van der Waals surface area (Å²) in [4.78, 5) is 65.1. The van der Waals surface area contributed by atoms with Crippen LogP contribution in [0, 0.1) is 0 Å². The zero-order chi connectivity index (χ0) is 97.1. The Morgan fingerprint density at radius 2 is 0.765 bits per heavy atom. The van der Waals surface area contributed by atoms with E-state index < -0.39 is 321 Å². The molecule has 26 N–H and O–H groups in total. The van der Waals surface area contributed by atoms with Crippen molar-refractivity contribution in [2.45, 2.75) is 453 Å². The number of aliphatic carboxylic acids is 1. The minimum Gasteiger partial charge on any atom is -0.477 e. The molecular formula is C87H154N4O41. The fraction of sp³-hybridized carbons (Fsp3) is 0.920. The normalized spacial score (nSPS) is 37.3. The van der Waals surface area contributed by atoms with Gasteiger partial charge in [0.1, 0.15) is 165 Å². The van der Waals surface area contributed by atoms with E-state index in [1.54, 1.807) is 6.08 Å². The molecule has 7 saturated heterocycles. The number of nitrogens with one attached hydrogen (secondary N) is 4. The number of carboxylic acid groups (broad SMARTS) is 1. The summed E-state index contributed by atoms with van der Waals surface area (Å²) in [6, 6.07) is -6.68. The van der Waals surface area contributed by atoms with Gasteiger partial charge in [-0.1, -0.05) is 180 Å². The molecule has 14 unspecified atom stereocenters. The van der Waals surface area contributed by atoms with E-state index in [0.29, 0.717) is 12.8 Å². The Bertz CT molecular complexity index is 3300. The smallest absolute Gasteiger partial charge is 0.364 e. The fourth-order valence-electron chi connectivity index (χ4n) is 17.7. The Morgan fingerprint density at radius 1 is 0.394 bits per heavy atom. The number of allylic oxidation sites excluding steroid dienone is 1. The second kappa shape index (κ2) is 58.7. The number of aliphatic hydroxyl groups excluding tert-OH is 21. The monoisotopic (exact) mass is 1910 g/mol. The average molecular weight is 1910 g/mol. The van der Waals surface area contributed by atoms with Gasteiger partial charge in [0.25, 0.3) is 5.79 Å². The van der Waals surface area contributed by atoms with Crippen LogP contribution in [0.4, 0.5) is 0 Å². The Kier molecular flexibility index (Phi) is 51.0. The predicted molar refractivity (Wildman–Crippen MR) is 455 cm³/mol. The molecule has 0 spiro atoms. The summed E-state index contributed by atoms with van der Waals surface area (Å²) in [5, 5.41) is 259. The number of hydrogen-bond donors (Lipinski definition) is 26. The number of unbranched alkanes of at least 4 members (excludes halogenated alkanes) is 25. The molecule has 0 radical (unpaired) electrons. The zero-order valence-electron chi connectivity index (χ0n) is 76.3. The molecule has 7 fully saturated rings. The highest BCUT2D eigenvalue weighted by Crippen LogP contribution is 2.42. The molecule has 7 aliphatic heterocycles. The van der Waals surface area contributed by atoms with E-state index in [2.05, 4.69) is 35.1 Å². The topological polar surface area (TPSA) is 708 Å². The molecule has 45 nitrogen and oxygen atoms in total. The van der Waals surface area contributed by atoms with Crippen LogP contribution in [0.15, 0.2) is 12.2 Å².